The maximum absolute atomic E-state index is 11.4. The minimum atomic E-state index is -0.492. The highest BCUT2D eigenvalue weighted by Gasteiger charge is 2.10. The Labute approximate surface area is 91.1 Å². The molecule has 1 aromatic heterocycles. The third kappa shape index (κ3) is 1.80. The quantitative estimate of drug-likeness (QED) is 0.784. The van der Waals surface area contributed by atoms with Crippen molar-refractivity contribution in [3.05, 3.63) is 45.7 Å². The fourth-order valence-electron chi connectivity index (χ4n) is 1.37. The molecule has 0 aliphatic heterocycles. The van der Waals surface area contributed by atoms with E-state index in [1.807, 2.05) is 6.92 Å². The molecule has 0 saturated carbocycles. The molecule has 0 atom stereocenters. The van der Waals surface area contributed by atoms with Gasteiger partial charge in [-0.25, -0.2) is 9.36 Å². The van der Waals surface area contributed by atoms with Crippen molar-refractivity contribution < 1.29 is 4.52 Å². The van der Waals surface area contributed by atoms with E-state index in [4.69, 9.17) is 11.6 Å². The molecule has 0 spiro atoms. The van der Waals surface area contributed by atoms with Gasteiger partial charge in [0.15, 0.2) is 5.82 Å². The number of benzene rings is 1. The van der Waals surface area contributed by atoms with E-state index < -0.39 is 5.76 Å². The minimum absolute atomic E-state index is 0.492. The first kappa shape index (κ1) is 9.98. The first-order valence-electron chi connectivity index (χ1n) is 4.56. The summed E-state index contributed by atoms with van der Waals surface area (Å²) in [4.78, 5) is 11.4. The van der Waals surface area contributed by atoms with Gasteiger partial charge in [0.05, 0.1) is 5.69 Å². The Morgan fingerprint density at radius 3 is 3.00 bits per heavy atom. The van der Waals surface area contributed by atoms with Crippen LogP contribution in [0, 0.1) is 0 Å². The maximum Gasteiger partial charge on any atom is 0.446 e. The minimum Gasteiger partial charge on any atom is -0.296 e. The highest BCUT2D eigenvalue weighted by molar-refractivity contribution is 6.30. The van der Waals surface area contributed by atoms with Crippen LogP contribution < -0.4 is 5.76 Å². The van der Waals surface area contributed by atoms with Crippen LogP contribution in [0.2, 0.25) is 5.02 Å². The molecular weight excluding hydrogens is 216 g/mol. The molecule has 4 nitrogen and oxygen atoms in total. The van der Waals surface area contributed by atoms with Gasteiger partial charge < -0.3 is 0 Å². The van der Waals surface area contributed by atoms with Crippen LogP contribution in [0.5, 0.6) is 0 Å². The summed E-state index contributed by atoms with van der Waals surface area (Å²) >= 11 is 5.84. The lowest BCUT2D eigenvalue weighted by atomic mass is 10.3. The van der Waals surface area contributed by atoms with Crippen molar-refractivity contribution in [3.63, 3.8) is 0 Å². The summed E-state index contributed by atoms with van der Waals surface area (Å²) in [6, 6.07) is 6.99. The highest BCUT2D eigenvalue weighted by Crippen LogP contribution is 2.14. The lowest BCUT2D eigenvalue weighted by Crippen LogP contribution is -2.14. The Bertz CT molecular complexity index is 530. The van der Waals surface area contributed by atoms with Crippen molar-refractivity contribution in [2.75, 3.05) is 0 Å². The molecule has 1 aromatic carbocycles. The van der Waals surface area contributed by atoms with Gasteiger partial charge in [0.25, 0.3) is 0 Å². The summed E-state index contributed by atoms with van der Waals surface area (Å²) in [6.07, 6.45) is 0.623. The fraction of sp³-hybridized carbons (Fsp3) is 0.200. The molecular formula is C10H9ClN2O2. The van der Waals surface area contributed by atoms with E-state index in [1.54, 1.807) is 24.3 Å². The molecule has 5 heteroatoms. The van der Waals surface area contributed by atoms with E-state index in [-0.39, 0.29) is 0 Å². The normalized spacial score (nSPS) is 10.5. The first-order chi connectivity index (χ1) is 7.22. The molecule has 0 fully saturated rings. The monoisotopic (exact) mass is 224 g/mol. The lowest BCUT2D eigenvalue weighted by Gasteiger charge is -2.02. The van der Waals surface area contributed by atoms with Crippen LogP contribution in [0.15, 0.2) is 33.6 Å². The zero-order chi connectivity index (χ0) is 10.8. The van der Waals surface area contributed by atoms with Crippen LogP contribution in [-0.2, 0) is 6.42 Å². The van der Waals surface area contributed by atoms with Gasteiger partial charge in [0, 0.05) is 11.4 Å². The largest absolute Gasteiger partial charge is 0.446 e. The smallest absolute Gasteiger partial charge is 0.296 e. The van der Waals surface area contributed by atoms with E-state index in [1.165, 1.54) is 4.57 Å². The van der Waals surface area contributed by atoms with Gasteiger partial charge in [0.1, 0.15) is 0 Å². The number of hydrogen-bond acceptors (Lipinski definition) is 3. The summed E-state index contributed by atoms with van der Waals surface area (Å²) in [5, 5.41) is 4.24. The van der Waals surface area contributed by atoms with Crippen molar-refractivity contribution in [2.24, 2.45) is 0 Å². The van der Waals surface area contributed by atoms with Crippen LogP contribution >= 0.6 is 11.6 Å². The Morgan fingerprint density at radius 2 is 2.33 bits per heavy atom. The molecule has 2 rings (SSSR count). The predicted molar refractivity (Wildman–Crippen MR) is 56.5 cm³/mol. The second kappa shape index (κ2) is 3.90. The van der Waals surface area contributed by atoms with Crippen molar-refractivity contribution in [1.82, 2.24) is 9.72 Å². The van der Waals surface area contributed by atoms with Gasteiger partial charge >= 0.3 is 5.76 Å². The summed E-state index contributed by atoms with van der Waals surface area (Å²) in [6.45, 7) is 1.90. The molecule has 0 radical (unpaired) electrons. The molecule has 0 saturated heterocycles. The SMILES string of the molecule is CCc1noc(=O)n1-c1cccc(Cl)c1. The fourth-order valence-corrected chi connectivity index (χ4v) is 1.56. The molecule has 0 bridgehead atoms. The number of halogens is 1. The molecule has 0 unspecified atom stereocenters. The predicted octanol–water partition coefficient (Wildman–Crippen LogP) is 2.04. The van der Waals surface area contributed by atoms with Crippen molar-refractivity contribution in [2.45, 2.75) is 13.3 Å². The van der Waals surface area contributed by atoms with Crippen molar-refractivity contribution in [1.29, 1.82) is 0 Å². The van der Waals surface area contributed by atoms with Crippen LogP contribution in [0.3, 0.4) is 0 Å². The van der Waals surface area contributed by atoms with E-state index in [2.05, 4.69) is 9.68 Å². The molecule has 0 amide bonds. The average Bonchev–Trinajstić information content (AvgIpc) is 2.59. The topological polar surface area (TPSA) is 48.0 Å². The summed E-state index contributed by atoms with van der Waals surface area (Å²) in [7, 11) is 0. The van der Waals surface area contributed by atoms with E-state index >= 15 is 0 Å². The molecule has 1 heterocycles. The summed E-state index contributed by atoms with van der Waals surface area (Å²) < 4.78 is 6.00. The van der Waals surface area contributed by atoms with Gasteiger partial charge in [-0.05, 0) is 18.2 Å². The number of rotatable bonds is 2. The van der Waals surface area contributed by atoms with Crippen molar-refractivity contribution in [3.8, 4) is 5.69 Å². The third-order valence-electron chi connectivity index (χ3n) is 2.05. The summed E-state index contributed by atoms with van der Waals surface area (Å²) in [5.74, 6) is 0.0939. The molecule has 2 aromatic rings. The molecule has 0 aliphatic carbocycles. The number of aryl methyl sites for hydroxylation is 1. The Kier molecular flexibility index (Phi) is 2.60. The Balaban J connectivity index is 2.62. The van der Waals surface area contributed by atoms with E-state index in [0.717, 1.165) is 0 Å². The van der Waals surface area contributed by atoms with Crippen LogP contribution in [0.1, 0.15) is 12.7 Å². The lowest BCUT2D eigenvalue weighted by molar-refractivity contribution is 0.379. The van der Waals surface area contributed by atoms with Gasteiger partial charge in [-0.15, -0.1) is 0 Å². The van der Waals surface area contributed by atoms with Crippen molar-refractivity contribution >= 4 is 11.6 Å². The third-order valence-corrected chi connectivity index (χ3v) is 2.29. The zero-order valence-corrected chi connectivity index (χ0v) is 8.86. The van der Waals surface area contributed by atoms with E-state index in [9.17, 15) is 4.79 Å². The molecule has 15 heavy (non-hydrogen) atoms. The van der Waals surface area contributed by atoms with Gasteiger partial charge in [0.2, 0.25) is 0 Å². The highest BCUT2D eigenvalue weighted by atomic mass is 35.5. The Morgan fingerprint density at radius 1 is 1.53 bits per heavy atom. The number of nitrogens with zero attached hydrogens (tertiary/aromatic N) is 2. The van der Waals surface area contributed by atoms with Crippen LogP contribution in [0.4, 0.5) is 0 Å². The summed E-state index contributed by atoms with van der Waals surface area (Å²) in [5.41, 5.74) is 0.672. The molecule has 0 N–H and O–H groups in total. The standard InChI is InChI=1S/C10H9ClN2O2/c1-2-9-12-15-10(14)13(9)8-5-3-4-7(11)6-8/h3-6H,2H2,1H3. The second-order valence-electron chi connectivity index (χ2n) is 3.03. The van der Waals surface area contributed by atoms with Gasteiger partial charge in [-0.3, -0.25) is 4.52 Å². The van der Waals surface area contributed by atoms with E-state index in [0.29, 0.717) is 23.0 Å². The number of aromatic nitrogens is 2. The van der Waals surface area contributed by atoms with Gasteiger partial charge in [-0.2, -0.15) is 0 Å². The van der Waals surface area contributed by atoms with Crippen LogP contribution in [0.25, 0.3) is 5.69 Å². The number of hydrogen-bond donors (Lipinski definition) is 0. The van der Waals surface area contributed by atoms with Crippen LogP contribution in [-0.4, -0.2) is 9.72 Å². The first-order valence-corrected chi connectivity index (χ1v) is 4.93. The second-order valence-corrected chi connectivity index (χ2v) is 3.47. The Hall–Kier alpha value is -1.55. The zero-order valence-electron chi connectivity index (χ0n) is 8.11. The van der Waals surface area contributed by atoms with Gasteiger partial charge in [-0.1, -0.05) is 29.7 Å². The molecule has 78 valence electrons. The molecule has 0 aliphatic rings. The maximum atomic E-state index is 11.4. The average molecular weight is 225 g/mol.